The minimum atomic E-state index is -0.304. The fraction of sp³-hybridized carbons (Fsp3) is 0.0870. The number of carbonyl (C=O) groups excluding carboxylic acids is 1. The molecule has 0 fully saturated rings. The van der Waals surface area contributed by atoms with Gasteiger partial charge in [-0.15, -0.1) is 5.10 Å². The normalized spacial score (nSPS) is 12.0. The predicted octanol–water partition coefficient (Wildman–Crippen LogP) is 3.25. The summed E-state index contributed by atoms with van der Waals surface area (Å²) in [7, 11) is 0. The standard InChI is InChI=1S/C23H19N7O/c31-23(17-10-12-18(13-11-17)30-15-24-28-29-30)27-21(14-16-6-2-1-3-7-16)22-25-19-8-4-5-9-20(19)26-22/h1-13,15,21H,14H2,(H,25,26)(H,27,31)/t21-/m0/s1. The smallest absolute Gasteiger partial charge is 0.251 e. The van der Waals surface area contributed by atoms with Crippen LogP contribution in [-0.4, -0.2) is 36.1 Å². The zero-order valence-electron chi connectivity index (χ0n) is 16.5. The summed E-state index contributed by atoms with van der Waals surface area (Å²) >= 11 is 0. The van der Waals surface area contributed by atoms with Gasteiger partial charge in [-0.2, -0.15) is 0 Å². The summed E-state index contributed by atoms with van der Waals surface area (Å²) in [5.74, 6) is 0.549. The molecule has 31 heavy (non-hydrogen) atoms. The Morgan fingerprint density at radius 1 is 0.968 bits per heavy atom. The molecule has 5 aromatic rings. The zero-order chi connectivity index (χ0) is 21.0. The largest absolute Gasteiger partial charge is 0.342 e. The SMILES string of the molecule is O=C(N[C@@H](Cc1ccccc1)c1nc2ccccc2[nH]1)c1ccc(-n2cnnn2)cc1. The average Bonchev–Trinajstić information content (AvgIpc) is 3.49. The lowest BCUT2D eigenvalue weighted by Gasteiger charge is -2.17. The van der Waals surface area contributed by atoms with Crippen molar-refractivity contribution in [1.29, 1.82) is 0 Å². The van der Waals surface area contributed by atoms with Crippen LogP contribution in [0.5, 0.6) is 0 Å². The number of nitrogens with zero attached hydrogens (tertiary/aromatic N) is 5. The topological polar surface area (TPSA) is 101 Å². The molecule has 8 nitrogen and oxygen atoms in total. The highest BCUT2D eigenvalue weighted by Crippen LogP contribution is 2.21. The quantitative estimate of drug-likeness (QED) is 0.448. The number of rotatable bonds is 6. The van der Waals surface area contributed by atoms with E-state index in [1.54, 1.807) is 24.3 Å². The van der Waals surface area contributed by atoms with E-state index in [9.17, 15) is 4.79 Å². The number of fused-ring (bicyclic) bond motifs is 1. The number of para-hydroxylation sites is 2. The van der Waals surface area contributed by atoms with Crippen LogP contribution < -0.4 is 5.32 Å². The molecule has 1 atom stereocenters. The van der Waals surface area contributed by atoms with Crippen molar-refractivity contribution in [2.45, 2.75) is 12.5 Å². The summed E-state index contributed by atoms with van der Waals surface area (Å²) in [6.45, 7) is 0. The van der Waals surface area contributed by atoms with Crippen molar-refractivity contribution >= 4 is 16.9 Å². The first-order valence-corrected chi connectivity index (χ1v) is 9.89. The van der Waals surface area contributed by atoms with Gasteiger partial charge in [0.05, 0.1) is 22.8 Å². The Morgan fingerprint density at radius 3 is 2.48 bits per heavy atom. The van der Waals surface area contributed by atoms with E-state index in [1.165, 1.54) is 11.0 Å². The van der Waals surface area contributed by atoms with Crippen molar-refractivity contribution in [3.05, 3.63) is 102 Å². The van der Waals surface area contributed by atoms with E-state index in [-0.39, 0.29) is 11.9 Å². The number of hydrogen-bond donors (Lipinski definition) is 2. The van der Waals surface area contributed by atoms with E-state index >= 15 is 0 Å². The molecule has 0 saturated carbocycles. The van der Waals surface area contributed by atoms with Gasteiger partial charge < -0.3 is 10.3 Å². The van der Waals surface area contributed by atoms with Gasteiger partial charge in [0.15, 0.2) is 0 Å². The molecule has 152 valence electrons. The maximum Gasteiger partial charge on any atom is 0.251 e. The average molecular weight is 409 g/mol. The van der Waals surface area contributed by atoms with Gasteiger partial charge in [-0.05, 0) is 58.8 Å². The van der Waals surface area contributed by atoms with Gasteiger partial charge in [0.2, 0.25) is 0 Å². The van der Waals surface area contributed by atoms with Crippen molar-refractivity contribution in [3.8, 4) is 5.69 Å². The van der Waals surface area contributed by atoms with Crippen LogP contribution in [0.1, 0.15) is 27.8 Å². The first-order chi connectivity index (χ1) is 15.3. The molecular weight excluding hydrogens is 390 g/mol. The second kappa shape index (κ2) is 8.19. The Morgan fingerprint density at radius 2 is 1.74 bits per heavy atom. The van der Waals surface area contributed by atoms with Crippen LogP contribution in [0.2, 0.25) is 0 Å². The molecule has 0 unspecified atom stereocenters. The molecule has 1 amide bonds. The van der Waals surface area contributed by atoms with Crippen molar-refractivity contribution in [3.63, 3.8) is 0 Å². The van der Waals surface area contributed by atoms with E-state index in [2.05, 4.69) is 25.8 Å². The van der Waals surface area contributed by atoms with Crippen molar-refractivity contribution in [1.82, 2.24) is 35.5 Å². The number of tetrazole rings is 1. The number of carbonyl (C=O) groups is 1. The summed E-state index contributed by atoms with van der Waals surface area (Å²) in [5.41, 5.74) is 4.25. The Kier molecular flexibility index (Phi) is 4.94. The number of nitrogens with one attached hydrogen (secondary N) is 2. The molecule has 0 aliphatic rings. The number of hydrogen-bond acceptors (Lipinski definition) is 5. The highest BCUT2D eigenvalue weighted by Gasteiger charge is 2.20. The molecule has 0 radical (unpaired) electrons. The first kappa shape index (κ1) is 18.7. The highest BCUT2D eigenvalue weighted by atomic mass is 16.1. The van der Waals surface area contributed by atoms with Gasteiger partial charge in [-0.25, -0.2) is 9.67 Å². The number of imidazole rings is 1. The lowest BCUT2D eigenvalue weighted by molar-refractivity contribution is 0.0935. The number of aromatic amines is 1. The molecular formula is C23H19N7O. The molecule has 5 rings (SSSR count). The molecule has 0 aliphatic carbocycles. The fourth-order valence-corrected chi connectivity index (χ4v) is 3.49. The molecule has 2 N–H and O–H groups in total. The van der Waals surface area contributed by atoms with Crippen LogP contribution >= 0.6 is 0 Å². The second-order valence-electron chi connectivity index (χ2n) is 7.16. The van der Waals surface area contributed by atoms with E-state index in [1.807, 2.05) is 54.6 Å². The number of amides is 1. The number of H-pyrrole nitrogens is 1. The van der Waals surface area contributed by atoms with Crippen molar-refractivity contribution in [2.24, 2.45) is 0 Å². The Labute approximate surface area is 178 Å². The summed E-state index contributed by atoms with van der Waals surface area (Å²) < 4.78 is 1.54. The van der Waals surface area contributed by atoms with E-state index in [4.69, 9.17) is 4.98 Å². The minimum absolute atomic E-state index is 0.176. The van der Waals surface area contributed by atoms with E-state index in [0.717, 1.165) is 28.1 Å². The van der Waals surface area contributed by atoms with E-state index < -0.39 is 0 Å². The molecule has 0 spiro atoms. The monoisotopic (exact) mass is 409 g/mol. The zero-order valence-corrected chi connectivity index (χ0v) is 16.5. The summed E-state index contributed by atoms with van der Waals surface area (Å²) in [6, 6.07) is 24.7. The van der Waals surface area contributed by atoms with Gasteiger partial charge in [-0.1, -0.05) is 42.5 Å². The molecule has 2 heterocycles. The third-order valence-corrected chi connectivity index (χ3v) is 5.07. The van der Waals surface area contributed by atoms with Gasteiger partial charge in [0.1, 0.15) is 12.2 Å². The summed E-state index contributed by atoms with van der Waals surface area (Å²) in [5, 5.41) is 14.3. The molecule has 0 saturated heterocycles. The molecule has 3 aromatic carbocycles. The first-order valence-electron chi connectivity index (χ1n) is 9.89. The van der Waals surface area contributed by atoms with Crippen LogP contribution in [0.4, 0.5) is 0 Å². The van der Waals surface area contributed by atoms with Gasteiger partial charge in [-0.3, -0.25) is 4.79 Å². The van der Waals surface area contributed by atoms with Crippen LogP contribution in [0, 0.1) is 0 Å². The summed E-state index contributed by atoms with van der Waals surface area (Å²) in [6.07, 6.45) is 2.13. The summed E-state index contributed by atoms with van der Waals surface area (Å²) in [4.78, 5) is 21.1. The molecule has 0 aliphatic heterocycles. The highest BCUT2D eigenvalue weighted by molar-refractivity contribution is 5.94. The Bertz CT molecular complexity index is 1260. The van der Waals surface area contributed by atoms with Crippen LogP contribution in [0.25, 0.3) is 16.7 Å². The van der Waals surface area contributed by atoms with Gasteiger partial charge >= 0.3 is 0 Å². The second-order valence-corrected chi connectivity index (χ2v) is 7.16. The van der Waals surface area contributed by atoms with Crippen LogP contribution in [0.15, 0.2) is 85.2 Å². The number of aromatic nitrogens is 6. The van der Waals surface area contributed by atoms with Crippen molar-refractivity contribution < 1.29 is 4.79 Å². The molecule has 0 bridgehead atoms. The Balaban J connectivity index is 1.41. The Hall–Kier alpha value is -4.33. The van der Waals surface area contributed by atoms with Gasteiger partial charge in [0, 0.05) is 5.56 Å². The van der Waals surface area contributed by atoms with Crippen molar-refractivity contribution in [2.75, 3.05) is 0 Å². The third-order valence-electron chi connectivity index (χ3n) is 5.07. The van der Waals surface area contributed by atoms with E-state index in [0.29, 0.717) is 12.0 Å². The number of benzene rings is 3. The van der Waals surface area contributed by atoms with Crippen LogP contribution in [0.3, 0.4) is 0 Å². The lowest BCUT2D eigenvalue weighted by Crippen LogP contribution is -2.30. The fourth-order valence-electron chi connectivity index (χ4n) is 3.49. The molecule has 2 aromatic heterocycles. The predicted molar refractivity (Wildman–Crippen MR) is 116 cm³/mol. The van der Waals surface area contributed by atoms with Gasteiger partial charge in [0.25, 0.3) is 5.91 Å². The lowest BCUT2D eigenvalue weighted by atomic mass is 10.0. The molecule has 8 heteroatoms. The third kappa shape index (κ3) is 4.04. The maximum atomic E-state index is 13.0. The minimum Gasteiger partial charge on any atom is -0.342 e. The van der Waals surface area contributed by atoms with Crippen LogP contribution in [-0.2, 0) is 6.42 Å². The maximum absolute atomic E-state index is 13.0.